The number of rotatable bonds is 5. The second-order valence-electron chi connectivity index (χ2n) is 6.51. The summed E-state index contributed by atoms with van der Waals surface area (Å²) in [5.74, 6) is -0.296. The predicted molar refractivity (Wildman–Crippen MR) is 111 cm³/mol. The maximum atomic E-state index is 12.6. The SMILES string of the molecule is CCOC(=O)c1ccc(N2CCN(C(=O)Cc3c(Cl)cccc3Cl)CC2)cc1. The van der Waals surface area contributed by atoms with Crippen molar-refractivity contribution in [2.24, 2.45) is 0 Å². The maximum Gasteiger partial charge on any atom is 0.338 e. The first kappa shape index (κ1) is 20.5. The molecule has 0 unspecified atom stereocenters. The molecule has 7 heteroatoms. The van der Waals surface area contributed by atoms with Crippen molar-refractivity contribution in [3.8, 4) is 0 Å². The molecular formula is C21H22Cl2N2O3. The van der Waals surface area contributed by atoms with Crippen LogP contribution in [0.2, 0.25) is 10.0 Å². The second kappa shape index (κ2) is 9.30. The first-order chi connectivity index (χ1) is 13.5. The molecule has 3 rings (SSSR count). The van der Waals surface area contributed by atoms with Crippen molar-refractivity contribution in [2.75, 3.05) is 37.7 Å². The van der Waals surface area contributed by atoms with E-state index in [9.17, 15) is 9.59 Å². The summed E-state index contributed by atoms with van der Waals surface area (Å²) < 4.78 is 5.00. The Kier molecular flexibility index (Phi) is 6.81. The number of anilines is 1. The Morgan fingerprint density at radius 3 is 2.14 bits per heavy atom. The van der Waals surface area contributed by atoms with Gasteiger partial charge in [0.2, 0.25) is 5.91 Å². The number of hydrogen-bond donors (Lipinski definition) is 0. The number of piperazine rings is 1. The molecule has 1 saturated heterocycles. The third kappa shape index (κ3) is 4.78. The Balaban J connectivity index is 1.57. The van der Waals surface area contributed by atoms with Crippen molar-refractivity contribution in [3.05, 3.63) is 63.6 Å². The number of nitrogens with zero attached hydrogens (tertiary/aromatic N) is 2. The molecule has 1 aliphatic heterocycles. The Morgan fingerprint density at radius 1 is 0.964 bits per heavy atom. The molecular weight excluding hydrogens is 399 g/mol. The van der Waals surface area contributed by atoms with E-state index in [1.54, 1.807) is 37.3 Å². The van der Waals surface area contributed by atoms with E-state index in [1.807, 2.05) is 17.0 Å². The zero-order valence-corrected chi connectivity index (χ0v) is 17.2. The van der Waals surface area contributed by atoms with Gasteiger partial charge in [-0.3, -0.25) is 4.79 Å². The largest absolute Gasteiger partial charge is 0.462 e. The van der Waals surface area contributed by atoms with Crippen LogP contribution in [0.5, 0.6) is 0 Å². The minimum atomic E-state index is -0.317. The summed E-state index contributed by atoms with van der Waals surface area (Å²) >= 11 is 12.3. The van der Waals surface area contributed by atoms with Crippen molar-refractivity contribution in [1.82, 2.24) is 4.90 Å². The molecule has 1 fully saturated rings. The van der Waals surface area contributed by atoms with E-state index in [0.717, 1.165) is 18.8 Å². The molecule has 0 radical (unpaired) electrons. The summed E-state index contributed by atoms with van der Waals surface area (Å²) in [5, 5.41) is 1.03. The zero-order valence-electron chi connectivity index (χ0n) is 15.7. The second-order valence-corrected chi connectivity index (χ2v) is 7.33. The van der Waals surface area contributed by atoms with Crippen molar-refractivity contribution in [2.45, 2.75) is 13.3 Å². The fourth-order valence-corrected chi connectivity index (χ4v) is 3.73. The molecule has 0 saturated carbocycles. The number of amides is 1. The van der Waals surface area contributed by atoms with Crippen molar-refractivity contribution >= 4 is 40.8 Å². The summed E-state index contributed by atoms with van der Waals surface area (Å²) in [6, 6.07) is 12.6. The van der Waals surface area contributed by atoms with Crippen molar-refractivity contribution < 1.29 is 14.3 Å². The lowest BCUT2D eigenvalue weighted by Crippen LogP contribution is -2.49. The van der Waals surface area contributed by atoms with E-state index in [0.29, 0.717) is 40.9 Å². The van der Waals surface area contributed by atoms with Crippen LogP contribution in [0.4, 0.5) is 5.69 Å². The molecule has 0 N–H and O–H groups in total. The van der Waals surface area contributed by atoms with Gasteiger partial charge in [0.25, 0.3) is 0 Å². The van der Waals surface area contributed by atoms with Gasteiger partial charge in [0.15, 0.2) is 0 Å². The number of ether oxygens (including phenoxy) is 1. The summed E-state index contributed by atoms with van der Waals surface area (Å²) in [4.78, 5) is 28.4. The van der Waals surface area contributed by atoms with Crippen LogP contribution in [0, 0.1) is 0 Å². The lowest BCUT2D eigenvalue weighted by atomic mass is 10.1. The minimum Gasteiger partial charge on any atom is -0.462 e. The number of hydrogen-bond acceptors (Lipinski definition) is 4. The van der Waals surface area contributed by atoms with Crippen LogP contribution in [0.3, 0.4) is 0 Å². The first-order valence-electron chi connectivity index (χ1n) is 9.22. The fourth-order valence-electron chi connectivity index (χ4n) is 3.20. The van der Waals surface area contributed by atoms with Gasteiger partial charge >= 0.3 is 5.97 Å². The van der Waals surface area contributed by atoms with Gasteiger partial charge in [0.1, 0.15) is 0 Å². The highest BCUT2D eigenvalue weighted by Gasteiger charge is 2.23. The van der Waals surface area contributed by atoms with Crippen LogP contribution in [-0.4, -0.2) is 49.6 Å². The first-order valence-corrected chi connectivity index (χ1v) is 9.98. The molecule has 0 aliphatic carbocycles. The van der Waals surface area contributed by atoms with Crippen LogP contribution < -0.4 is 4.90 Å². The zero-order chi connectivity index (χ0) is 20.1. The number of carbonyl (C=O) groups excluding carboxylic acids is 2. The summed E-state index contributed by atoms with van der Waals surface area (Å²) in [7, 11) is 0. The van der Waals surface area contributed by atoms with Gasteiger partial charge in [0, 0.05) is 41.9 Å². The lowest BCUT2D eigenvalue weighted by molar-refractivity contribution is -0.130. The highest BCUT2D eigenvalue weighted by Crippen LogP contribution is 2.25. The monoisotopic (exact) mass is 420 g/mol. The average Bonchev–Trinajstić information content (AvgIpc) is 2.71. The van der Waals surface area contributed by atoms with Crippen LogP contribution in [0.15, 0.2) is 42.5 Å². The van der Waals surface area contributed by atoms with E-state index < -0.39 is 0 Å². The maximum absolute atomic E-state index is 12.6. The molecule has 5 nitrogen and oxygen atoms in total. The standard InChI is InChI=1S/C21H22Cl2N2O3/c1-2-28-21(27)15-6-8-16(9-7-15)24-10-12-25(13-11-24)20(26)14-17-18(22)4-3-5-19(17)23/h3-9H,2,10-14H2,1H3. The van der Waals surface area contributed by atoms with Gasteiger partial charge in [0.05, 0.1) is 18.6 Å². The highest BCUT2D eigenvalue weighted by atomic mass is 35.5. The predicted octanol–water partition coefficient (Wildman–Crippen LogP) is 4.06. The molecule has 0 atom stereocenters. The fraction of sp³-hybridized carbons (Fsp3) is 0.333. The molecule has 148 valence electrons. The van der Waals surface area contributed by atoms with Gasteiger partial charge < -0.3 is 14.5 Å². The molecule has 2 aromatic carbocycles. The highest BCUT2D eigenvalue weighted by molar-refractivity contribution is 6.36. The van der Waals surface area contributed by atoms with Crippen LogP contribution in [0.1, 0.15) is 22.8 Å². The Bertz CT molecular complexity index is 827. The Morgan fingerprint density at radius 2 is 1.57 bits per heavy atom. The molecule has 1 heterocycles. The quantitative estimate of drug-likeness (QED) is 0.684. The number of benzene rings is 2. The van der Waals surface area contributed by atoms with Crippen molar-refractivity contribution in [3.63, 3.8) is 0 Å². The molecule has 0 bridgehead atoms. The number of halogens is 2. The van der Waals surface area contributed by atoms with E-state index in [4.69, 9.17) is 27.9 Å². The van der Waals surface area contributed by atoms with Gasteiger partial charge in [-0.05, 0) is 48.9 Å². The third-order valence-corrected chi connectivity index (χ3v) is 5.47. The van der Waals surface area contributed by atoms with E-state index >= 15 is 0 Å². The minimum absolute atomic E-state index is 0.0207. The van der Waals surface area contributed by atoms with Gasteiger partial charge in [-0.25, -0.2) is 4.79 Å². The van der Waals surface area contributed by atoms with E-state index in [2.05, 4.69) is 4.90 Å². The smallest absolute Gasteiger partial charge is 0.338 e. The van der Waals surface area contributed by atoms with Crippen LogP contribution in [0.25, 0.3) is 0 Å². The number of carbonyl (C=O) groups is 2. The van der Waals surface area contributed by atoms with Crippen LogP contribution in [-0.2, 0) is 16.0 Å². The van der Waals surface area contributed by atoms with Crippen LogP contribution >= 0.6 is 23.2 Å². The number of esters is 1. The lowest BCUT2D eigenvalue weighted by Gasteiger charge is -2.36. The topological polar surface area (TPSA) is 49.9 Å². The summed E-state index contributed by atoms with van der Waals surface area (Å²) in [5.41, 5.74) is 2.23. The van der Waals surface area contributed by atoms with Gasteiger partial charge in [-0.15, -0.1) is 0 Å². The van der Waals surface area contributed by atoms with Crippen molar-refractivity contribution in [1.29, 1.82) is 0 Å². The van der Waals surface area contributed by atoms with E-state index in [-0.39, 0.29) is 18.3 Å². The summed E-state index contributed by atoms with van der Waals surface area (Å²) in [6.45, 7) is 4.84. The summed E-state index contributed by atoms with van der Waals surface area (Å²) in [6.07, 6.45) is 0.201. The van der Waals surface area contributed by atoms with E-state index in [1.165, 1.54) is 0 Å². The molecule has 0 aromatic heterocycles. The molecule has 28 heavy (non-hydrogen) atoms. The third-order valence-electron chi connectivity index (χ3n) is 4.77. The molecule has 0 spiro atoms. The molecule has 1 amide bonds. The normalized spacial score (nSPS) is 14.1. The van der Waals surface area contributed by atoms with Gasteiger partial charge in [-0.2, -0.15) is 0 Å². The Hall–Kier alpha value is -2.24. The van der Waals surface area contributed by atoms with Gasteiger partial charge in [-0.1, -0.05) is 29.3 Å². The Labute approximate surface area is 174 Å². The average molecular weight is 421 g/mol. The molecule has 2 aromatic rings. The molecule has 1 aliphatic rings.